The first-order valence-electron chi connectivity index (χ1n) is 11.7. The number of benzene rings is 2. The Kier molecular flexibility index (Phi) is 8.41. The number of rotatable bonds is 9. The Hall–Kier alpha value is -3.33. The highest BCUT2D eigenvalue weighted by Gasteiger charge is 2.28. The number of methoxy groups -OCH3 is 2. The SMILES string of the molecule is COC(=O)C1CCN(C(=O)CSc2nnc(-c3ccccc3OC)n2CCc2ccccc2)CC1. The third kappa shape index (κ3) is 6.03. The summed E-state index contributed by atoms with van der Waals surface area (Å²) in [5.74, 6) is 1.42. The number of hydrogen-bond donors (Lipinski definition) is 0. The summed E-state index contributed by atoms with van der Waals surface area (Å²) in [5, 5.41) is 9.60. The van der Waals surface area contributed by atoms with Gasteiger partial charge in [-0.05, 0) is 37.0 Å². The number of ether oxygens (including phenoxy) is 2. The standard InChI is InChI=1S/C26H30N4O4S/c1-33-22-11-7-6-10-21(22)24-27-28-26(30(24)17-12-19-8-4-3-5-9-19)35-18-23(31)29-15-13-20(14-16-29)25(32)34-2/h3-11,20H,12-18H2,1-2H3. The lowest BCUT2D eigenvalue weighted by atomic mass is 9.97. The highest BCUT2D eigenvalue weighted by molar-refractivity contribution is 7.99. The Morgan fingerprint density at radius 2 is 1.71 bits per heavy atom. The van der Waals surface area contributed by atoms with E-state index >= 15 is 0 Å². The summed E-state index contributed by atoms with van der Waals surface area (Å²) in [6, 6.07) is 18.0. The molecule has 2 heterocycles. The van der Waals surface area contributed by atoms with E-state index in [9.17, 15) is 9.59 Å². The molecule has 1 saturated heterocycles. The van der Waals surface area contributed by atoms with Crippen molar-refractivity contribution in [3.8, 4) is 17.1 Å². The molecule has 8 nitrogen and oxygen atoms in total. The number of aryl methyl sites for hydroxylation is 1. The van der Waals surface area contributed by atoms with Crippen LogP contribution < -0.4 is 4.74 Å². The number of aromatic nitrogens is 3. The van der Waals surface area contributed by atoms with Gasteiger partial charge in [-0.25, -0.2) is 0 Å². The molecule has 1 aromatic heterocycles. The fraction of sp³-hybridized carbons (Fsp3) is 0.385. The van der Waals surface area contributed by atoms with Crippen LogP contribution in [-0.4, -0.2) is 64.6 Å². The fourth-order valence-corrected chi connectivity index (χ4v) is 5.13. The molecule has 0 bridgehead atoms. The average Bonchev–Trinajstić information content (AvgIpc) is 3.33. The van der Waals surface area contributed by atoms with Crippen LogP contribution in [0.5, 0.6) is 5.75 Å². The molecular formula is C26H30N4O4S. The molecule has 4 rings (SSSR count). The van der Waals surface area contributed by atoms with Gasteiger partial charge < -0.3 is 18.9 Å². The molecule has 1 amide bonds. The molecule has 184 valence electrons. The number of likely N-dealkylation sites (tertiary alicyclic amines) is 1. The van der Waals surface area contributed by atoms with Gasteiger partial charge in [0.2, 0.25) is 5.91 Å². The number of amides is 1. The molecule has 0 N–H and O–H groups in total. The number of carbonyl (C=O) groups excluding carboxylic acids is 2. The van der Waals surface area contributed by atoms with E-state index < -0.39 is 0 Å². The first-order valence-corrected chi connectivity index (χ1v) is 12.7. The molecule has 1 fully saturated rings. The van der Waals surface area contributed by atoms with Crippen LogP contribution in [0.2, 0.25) is 0 Å². The number of thioether (sulfide) groups is 1. The molecule has 0 radical (unpaired) electrons. The number of piperidine rings is 1. The van der Waals surface area contributed by atoms with Crippen LogP contribution in [0.1, 0.15) is 18.4 Å². The van der Waals surface area contributed by atoms with Crippen LogP contribution in [0.15, 0.2) is 59.8 Å². The van der Waals surface area contributed by atoms with Crippen molar-refractivity contribution in [3.63, 3.8) is 0 Å². The zero-order chi connectivity index (χ0) is 24.6. The van der Waals surface area contributed by atoms with Gasteiger partial charge in [0.15, 0.2) is 11.0 Å². The van der Waals surface area contributed by atoms with Crippen molar-refractivity contribution in [2.45, 2.75) is 31.0 Å². The third-order valence-electron chi connectivity index (χ3n) is 6.24. The number of para-hydroxylation sites is 1. The molecule has 1 aliphatic heterocycles. The quantitative estimate of drug-likeness (QED) is 0.331. The van der Waals surface area contributed by atoms with Crippen LogP contribution in [0.25, 0.3) is 11.4 Å². The molecule has 35 heavy (non-hydrogen) atoms. The second-order valence-electron chi connectivity index (χ2n) is 8.36. The Balaban J connectivity index is 1.48. The van der Waals surface area contributed by atoms with Gasteiger partial charge in [-0.1, -0.05) is 54.2 Å². The van der Waals surface area contributed by atoms with E-state index in [0.717, 1.165) is 17.7 Å². The van der Waals surface area contributed by atoms with Crippen LogP contribution >= 0.6 is 11.8 Å². The van der Waals surface area contributed by atoms with Gasteiger partial charge >= 0.3 is 5.97 Å². The lowest BCUT2D eigenvalue weighted by Gasteiger charge is -2.30. The summed E-state index contributed by atoms with van der Waals surface area (Å²) in [6.45, 7) is 1.80. The normalized spacial score (nSPS) is 14.1. The van der Waals surface area contributed by atoms with E-state index in [1.165, 1.54) is 24.4 Å². The third-order valence-corrected chi connectivity index (χ3v) is 7.19. The van der Waals surface area contributed by atoms with Gasteiger partial charge in [0.25, 0.3) is 0 Å². The molecule has 0 unspecified atom stereocenters. The minimum Gasteiger partial charge on any atom is -0.496 e. The maximum Gasteiger partial charge on any atom is 0.308 e. The Morgan fingerprint density at radius 3 is 2.43 bits per heavy atom. The zero-order valence-corrected chi connectivity index (χ0v) is 20.9. The molecule has 2 aromatic carbocycles. The molecule has 9 heteroatoms. The summed E-state index contributed by atoms with van der Waals surface area (Å²) >= 11 is 1.39. The highest BCUT2D eigenvalue weighted by Crippen LogP contribution is 2.31. The largest absolute Gasteiger partial charge is 0.496 e. The first-order chi connectivity index (χ1) is 17.1. The molecular weight excluding hydrogens is 464 g/mol. The van der Waals surface area contributed by atoms with Crippen LogP contribution in [0.4, 0.5) is 0 Å². The Labute approximate surface area is 209 Å². The van der Waals surface area contributed by atoms with Crippen molar-refractivity contribution in [3.05, 3.63) is 60.2 Å². The predicted octanol–water partition coefficient (Wildman–Crippen LogP) is 3.70. The van der Waals surface area contributed by atoms with E-state index in [1.807, 2.05) is 47.4 Å². The van der Waals surface area contributed by atoms with Crippen LogP contribution in [-0.2, 0) is 27.3 Å². The van der Waals surface area contributed by atoms with Gasteiger partial charge in [-0.15, -0.1) is 10.2 Å². The van der Waals surface area contributed by atoms with Crippen LogP contribution in [0.3, 0.4) is 0 Å². The van der Waals surface area contributed by atoms with Gasteiger partial charge in [0, 0.05) is 19.6 Å². The number of nitrogens with zero attached hydrogens (tertiary/aromatic N) is 4. The molecule has 3 aromatic rings. The number of hydrogen-bond acceptors (Lipinski definition) is 7. The zero-order valence-electron chi connectivity index (χ0n) is 20.1. The Morgan fingerprint density at radius 1 is 1.00 bits per heavy atom. The number of esters is 1. The fourth-order valence-electron chi connectivity index (χ4n) is 4.26. The van der Waals surface area contributed by atoms with Gasteiger partial charge in [0.1, 0.15) is 5.75 Å². The predicted molar refractivity (Wildman–Crippen MR) is 134 cm³/mol. The first kappa shape index (κ1) is 24.8. The average molecular weight is 495 g/mol. The molecule has 0 saturated carbocycles. The van der Waals surface area contributed by atoms with Crippen molar-refractivity contribution in [1.29, 1.82) is 0 Å². The summed E-state index contributed by atoms with van der Waals surface area (Å²) in [5.41, 5.74) is 2.08. The van der Waals surface area contributed by atoms with Gasteiger partial charge in [-0.2, -0.15) is 0 Å². The van der Waals surface area contributed by atoms with Gasteiger partial charge in [0.05, 0.1) is 31.5 Å². The molecule has 0 atom stereocenters. The van der Waals surface area contributed by atoms with Gasteiger partial charge in [-0.3, -0.25) is 9.59 Å². The minimum atomic E-state index is -0.193. The molecule has 0 spiro atoms. The maximum absolute atomic E-state index is 12.9. The summed E-state index contributed by atoms with van der Waals surface area (Å²) in [7, 11) is 3.05. The minimum absolute atomic E-state index is 0.0368. The van der Waals surface area contributed by atoms with E-state index in [2.05, 4.69) is 26.9 Å². The van der Waals surface area contributed by atoms with E-state index in [-0.39, 0.29) is 23.5 Å². The molecule has 0 aliphatic carbocycles. The lowest BCUT2D eigenvalue weighted by Crippen LogP contribution is -2.41. The lowest BCUT2D eigenvalue weighted by molar-refractivity contribution is -0.148. The van der Waals surface area contributed by atoms with E-state index in [1.54, 1.807) is 7.11 Å². The smallest absolute Gasteiger partial charge is 0.308 e. The monoisotopic (exact) mass is 494 g/mol. The molecule has 1 aliphatic rings. The van der Waals surface area contributed by atoms with Crippen molar-refractivity contribution in [2.75, 3.05) is 33.1 Å². The topological polar surface area (TPSA) is 86.6 Å². The summed E-state index contributed by atoms with van der Waals surface area (Å²) in [6.07, 6.45) is 2.08. The second-order valence-corrected chi connectivity index (χ2v) is 9.30. The van der Waals surface area contributed by atoms with Crippen LogP contribution in [0, 0.1) is 5.92 Å². The Bertz CT molecular complexity index is 1140. The highest BCUT2D eigenvalue weighted by atomic mass is 32.2. The van der Waals surface area contributed by atoms with Crippen molar-refractivity contribution >= 4 is 23.6 Å². The van der Waals surface area contributed by atoms with E-state index in [0.29, 0.717) is 43.5 Å². The summed E-state index contributed by atoms with van der Waals surface area (Å²) < 4.78 is 12.5. The van der Waals surface area contributed by atoms with E-state index in [4.69, 9.17) is 9.47 Å². The van der Waals surface area contributed by atoms with Crippen molar-refractivity contribution in [2.24, 2.45) is 5.92 Å². The summed E-state index contributed by atoms with van der Waals surface area (Å²) in [4.78, 5) is 26.5. The second kappa shape index (κ2) is 11.9. The van der Waals surface area contributed by atoms with Crippen molar-refractivity contribution in [1.82, 2.24) is 19.7 Å². The number of carbonyl (C=O) groups is 2. The maximum atomic E-state index is 12.9. The van der Waals surface area contributed by atoms with Crippen molar-refractivity contribution < 1.29 is 19.1 Å².